The highest BCUT2D eigenvalue weighted by molar-refractivity contribution is 8.76. The van der Waals surface area contributed by atoms with Crippen LogP contribution in [0.4, 0.5) is 0 Å². The summed E-state index contributed by atoms with van der Waals surface area (Å²) < 4.78 is 0. The molecule has 0 atom stereocenters. The summed E-state index contributed by atoms with van der Waals surface area (Å²) in [5, 5.41) is 6.28. The fourth-order valence-corrected chi connectivity index (χ4v) is 10.7. The van der Waals surface area contributed by atoms with Crippen molar-refractivity contribution in [1.29, 1.82) is 0 Å². The highest BCUT2D eigenvalue weighted by atomic mass is 33.1. The molecule has 0 aromatic rings. The van der Waals surface area contributed by atoms with E-state index in [1.165, 1.54) is 250 Å². The minimum absolute atomic E-state index is 0.248. The Bertz CT molecular complexity index is 877. The maximum absolute atomic E-state index is 12.2. The molecule has 2 N–H and O–H groups in total. The van der Waals surface area contributed by atoms with Gasteiger partial charge >= 0.3 is 0 Å². The van der Waals surface area contributed by atoms with Gasteiger partial charge in [-0.1, -0.05) is 216 Å². The van der Waals surface area contributed by atoms with Crippen molar-refractivity contribution in [3.05, 3.63) is 0 Å². The van der Waals surface area contributed by atoms with Gasteiger partial charge in [0.1, 0.15) is 0 Å². The number of nitrogens with zero attached hydrogens (tertiary/aromatic N) is 2. The third-order valence-corrected chi connectivity index (χ3v) is 15.3. The Morgan fingerprint density at radius 2 is 0.607 bits per heavy atom. The molecule has 0 unspecified atom stereocenters. The van der Waals surface area contributed by atoms with Crippen molar-refractivity contribution < 1.29 is 9.59 Å². The molecule has 0 aromatic carbocycles. The summed E-state index contributed by atoms with van der Waals surface area (Å²) in [6.45, 7) is 18.3. The van der Waals surface area contributed by atoms with Crippen LogP contribution in [-0.2, 0) is 9.59 Å². The van der Waals surface area contributed by atoms with Crippen LogP contribution in [0.3, 0.4) is 0 Å². The Kier molecular flexibility index (Phi) is 51.8. The van der Waals surface area contributed by atoms with Crippen LogP contribution in [0.2, 0.25) is 0 Å². The molecule has 0 heterocycles. The Morgan fingerprint density at radius 3 is 0.934 bits per heavy atom. The molecule has 0 spiro atoms. The van der Waals surface area contributed by atoms with Crippen molar-refractivity contribution in [2.75, 3.05) is 63.9 Å². The van der Waals surface area contributed by atoms with E-state index in [2.05, 4.69) is 48.1 Å². The summed E-state index contributed by atoms with van der Waals surface area (Å²) in [6.07, 6.45) is 47.5. The van der Waals surface area contributed by atoms with E-state index < -0.39 is 0 Å². The molecule has 2 amide bonds. The molecule has 0 aliphatic carbocycles. The van der Waals surface area contributed by atoms with E-state index in [4.69, 9.17) is 0 Å². The number of amides is 2. The fourth-order valence-electron chi connectivity index (χ4n) is 8.36. The van der Waals surface area contributed by atoms with Crippen LogP contribution in [0.25, 0.3) is 0 Å². The third-order valence-electron chi connectivity index (χ3n) is 12.7. The van der Waals surface area contributed by atoms with Gasteiger partial charge in [-0.2, -0.15) is 0 Å². The topological polar surface area (TPSA) is 64.7 Å². The maximum atomic E-state index is 12.2. The number of nitrogens with one attached hydrogen (secondary N) is 2. The van der Waals surface area contributed by atoms with Crippen molar-refractivity contribution in [2.24, 2.45) is 0 Å². The van der Waals surface area contributed by atoms with Crippen LogP contribution in [0.5, 0.6) is 0 Å². The van der Waals surface area contributed by atoms with E-state index >= 15 is 0 Å². The molecule has 0 rings (SSSR count). The molecule has 0 aromatic heterocycles. The molecule has 0 radical (unpaired) electrons. The van der Waals surface area contributed by atoms with Gasteiger partial charge in [-0.15, -0.1) is 0 Å². The first-order valence-electron chi connectivity index (χ1n) is 27.3. The van der Waals surface area contributed by atoms with Crippen molar-refractivity contribution in [3.8, 4) is 0 Å². The summed E-state index contributed by atoms with van der Waals surface area (Å²) in [5.74, 6) is 2.89. The number of carbonyl (C=O) groups is 2. The number of rotatable bonds is 52. The number of hydrogen-bond donors (Lipinski definition) is 2. The maximum Gasteiger partial charge on any atom is 0.219 e. The molecule has 8 heteroatoms. The van der Waals surface area contributed by atoms with E-state index in [1.807, 2.05) is 21.6 Å². The van der Waals surface area contributed by atoms with Crippen molar-refractivity contribution in [3.63, 3.8) is 0 Å². The molecule has 6 nitrogen and oxygen atoms in total. The van der Waals surface area contributed by atoms with Gasteiger partial charge in [-0.25, -0.2) is 0 Å². The van der Waals surface area contributed by atoms with Gasteiger partial charge < -0.3 is 20.4 Å². The van der Waals surface area contributed by atoms with Gasteiger partial charge in [-0.05, 0) is 97.1 Å². The average molecular weight is 898 g/mol. The number of carbonyl (C=O) groups excluding carboxylic acids is 2. The van der Waals surface area contributed by atoms with Crippen LogP contribution in [0.15, 0.2) is 0 Å². The molecule has 0 aliphatic rings. The second kappa shape index (κ2) is 52.2. The first kappa shape index (κ1) is 60.6. The smallest absolute Gasteiger partial charge is 0.219 e. The lowest BCUT2D eigenvalue weighted by Crippen LogP contribution is -2.25. The quantitative estimate of drug-likeness (QED) is 0.0468. The minimum atomic E-state index is 0.248. The predicted molar refractivity (Wildman–Crippen MR) is 277 cm³/mol. The lowest BCUT2D eigenvalue weighted by Gasteiger charge is -2.20. The summed E-state index contributed by atoms with van der Waals surface area (Å²) in [5.41, 5.74) is 0. The zero-order valence-electron chi connectivity index (χ0n) is 41.8. The van der Waals surface area contributed by atoms with Crippen LogP contribution in [0, 0.1) is 0 Å². The molecular weight excluding hydrogens is 789 g/mol. The molecule has 61 heavy (non-hydrogen) atoms. The number of hydrogen-bond acceptors (Lipinski definition) is 6. The van der Waals surface area contributed by atoms with Gasteiger partial charge in [0, 0.05) is 37.4 Å². The second-order valence-corrected chi connectivity index (χ2v) is 21.0. The van der Waals surface area contributed by atoms with Gasteiger partial charge in [0.25, 0.3) is 0 Å². The van der Waals surface area contributed by atoms with Crippen molar-refractivity contribution in [2.45, 2.75) is 265 Å². The SMILES string of the molecule is CCCCCN(CC)CCCCCCCCCCCCCCCC(=O)NCCCCCSSCCCCCNC(=O)CCCCCCCCCCCCCCCN(CC)CC. The third kappa shape index (κ3) is 48.8. The summed E-state index contributed by atoms with van der Waals surface area (Å²) in [6, 6.07) is 0. The van der Waals surface area contributed by atoms with Crippen LogP contribution in [-0.4, -0.2) is 85.5 Å². The predicted octanol–water partition coefficient (Wildman–Crippen LogP) is 15.7. The first-order chi connectivity index (χ1) is 30.1. The highest BCUT2D eigenvalue weighted by Gasteiger charge is 2.05. The molecule has 0 aliphatic heterocycles. The average Bonchev–Trinajstić information content (AvgIpc) is 3.27. The fraction of sp³-hybridized carbons (Fsp3) is 0.962. The molecule has 364 valence electrons. The van der Waals surface area contributed by atoms with Gasteiger partial charge in [0.15, 0.2) is 0 Å². The second-order valence-electron chi connectivity index (χ2n) is 18.3. The van der Waals surface area contributed by atoms with E-state index in [0.29, 0.717) is 12.8 Å². The monoisotopic (exact) mass is 897 g/mol. The standard InChI is InChI=1S/C53H108N4O2S2/c1-5-9-38-48-57(8-4)49-40-31-27-23-19-15-11-13-17-21-25-29-35-44-53(59)55-46-37-33-42-51-61-60-50-41-32-36-45-54-52(58)43-34-28-24-20-16-12-10-14-18-22-26-30-39-47-56(6-2)7-3/h5-51H2,1-4H3,(H,54,58)(H,55,59). The Labute approximate surface area is 390 Å². The molecule has 0 fully saturated rings. The summed E-state index contributed by atoms with van der Waals surface area (Å²) in [7, 11) is 4.00. The molecule has 0 saturated heterocycles. The largest absolute Gasteiger partial charge is 0.356 e. The van der Waals surface area contributed by atoms with Crippen LogP contribution in [0.1, 0.15) is 265 Å². The minimum Gasteiger partial charge on any atom is -0.356 e. The molecule has 0 bridgehead atoms. The van der Waals surface area contributed by atoms with E-state index in [9.17, 15) is 9.59 Å². The first-order valence-corrected chi connectivity index (χ1v) is 29.8. The zero-order valence-corrected chi connectivity index (χ0v) is 43.4. The van der Waals surface area contributed by atoms with Crippen molar-refractivity contribution in [1.82, 2.24) is 20.4 Å². The number of unbranched alkanes of at least 4 members (excludes halogenated alkanes) is 30. The molecular formula is C53H108N4O2S2. The van der Waals surface area contributed by atoms with Gasteiger partial charge in [0.05, 0.1) is 0 Å². The zero-order chi connectivity index (χ0) is 44.4. The lowest BCUT2D eigenvalue weighted by atomic mass is 10.0. The summed E-state index contributed by atoms with van der Waals surface area (Å²) in [4.78, 5) is 29.6. The Balaban J connectivity index is 3.27. The lowest BCUT2D eigenvalue weighted by molar-refractivity contribution is -0.122. The van der Waals surface area contributed by atoms with E-state index in [1.54, 1.807) is 0 Å². The Morgan fingerprint density at radius 1 is 0.328 bits per heavy atom. The van der Waals surface area contributed by atoms with E-state index in [0.717, 1.165) is 38.8 Å². The summed E-state index contributed by atoms with van der Waals surface area (Å²) >= 11 is 0. The van der Waals surface area contributed by atoms with Gasteiger partial charge in [-0.3, -0.25) is 9.59 Å². The van der Waals surface area contributed by atoms with E-state index in [-0.39, 0.29) is 11.8 Å². The Hall–Kier alpha value is -0.440. The molecule has 0 saturated carbocycles. The van der Waals surface area contributed by atoms with Crippen molar-refractivity contribution >= 4 is 33.4 Å². The highest BCUT2D eigenvalue weighted by Crippen LogP contribution is 2.24. The van der Waals surface area contributed by atoms with Gasteiger partial charge in [0.2, 0.25) is 11.8 Å². The van der Waals surface area contributed by atoms with Crippen LogP contribution < -0.4 is 10.6 Å². The van der Waals surface area contributed by atoms with Crippen LogP contribution >= 0.6 is 21.6 Å². The normalized spacial score (nSPS) is 11.6.